The van der Waals surface area contributed by atoms with Gasteiger partial charge in [0, 0.05) is 18.0 Å². The van der Waals surface area contributed by atoms with E-state index in [9.17, 15) is 18.0 Å². The fraction of sp³-hybridized carbons (Fsp3) is 0.185. The summed E-state index contributed by atoms with van der Waals surface area (Å²) in [7, 11) is 0. The van der Waals surface area contributed by atoms with Crippen LogP contribution < -0.4 is 9.47 Å². The summed E-state index contributed by atoms with van der Waals surface area (Å²) in [5.41, 5.74) is 2.33. The number of carboxylic acid groups (broad SMARTS) is 1. The van der Waals surface area contributed by atoms with Crippen LogP contribution in [0.4, 0.5) is 13.2 Å². The third-order valence-corrected chi connectivity index (χ3v) is 5.46. The number of alkyl halides is 3. The second-order valence-electron chi connectivity index (χ2n) is 7.97. The van der Waals surface area contributed by atoms with Crippen molar-refractivity contribution in [1.82, 2.24) is 4.98 Å². The van der Waals surface area contributed by atoms with Crippen molar-refractivity contribution < 1.29 is 32.5 Å². The van der Waals surface area contributed by atoms with E-state index in [2.05, 4.69) is 4.98 Å². The maximum atomic E-state index is 13.5. The molecule has 1 heterocycles. The van der Waals surface area contributed by atoms with Crippen LogP contribution >= 0.6 is 0 Å². The highest BCUT2D eigenvalue weighted by atomic mass is 19.4. The van der Waals surface area contributed by atoms with E-state index >= 15 is 0 Å². The van der Waals surface area contributed by atoms with Gasteiger partial charge >= 0.3 is 12.1 Å². The summed E-state index contributed by atoms with van der Waals surface area (Å²) in [6, 6.07) is 18.4. The number of carbonyl (C=O) groups is 1. The SMILES string of the molecule is Cc1cnc2c(C(F)(F)F)cccc2c1-c1cccc(OCCc2ccc(OCC(=O)O)cc2)c1. The van der Waals surface area contributed by atoms with Gasteiger partial charge in [0.1, 0.15) is 11.5 Å². The van der Waals surface area contributed by atoms with Crippen LogP contribution in [0.25, 0.3) is 22.0 Å². The Labute approximate surface area is 199 Å². The molecule has 0 fully saturated rings. The molecular weight excluding hydrogens is 459 g/mol. The van der Waals surface area contributed by atoms with Gasteiger partial charge in [-0.3, -0.25) is 4.98 Å². The third-order valence-electron chi connectivity index (χ3n) is 5.46. The molecule has 0 aliphatic carbocycles. The van der Waals surface area contributed by atoms with Gasteiger partial charge in [-0.05, 0) is 59.5 Å². The van der Waals surface area contributed by atoms with Gasteiger partial charge in [0.15, 0.2) is 6.61 Å². The molecule has 0 amide bonds. The first-order valence-electron chi connectivity index (χ1n) is 10.8. The normalized spacial score (nSPS) is 11.4. The molecule has 5 nitrogen and oxygen atoms in total. The van der Waals surface area contributed by atoms with Gasteiger partial charge in [0.2, 0.25) is 0 Å². The van der Waals surface area contributed by atoms with Gasteiger partial charge in [0.25, 0.3) is 0 Å². The smallest absolute Gasteiger partial charge is 0.418 e. The third kappa shape index (κ3) is 5.71. The van der Waals surface area contributed by atoms with Crippen LogP contribution in [0.3, 0.4) is 0 Å². The van der Waals surface area contributed by atoms with E-state index in [1.807, 2.05) is 31.2 Å². The molecule has 180 valence electrons. The minimum Gasteiger partial charge on any atom is -0.493 e. The molecule has 0 spiro atoms. The highest BCUT2D eigenvalue weighted by Crippen LogP contribution is 2.38. The Morgan fingerprint density at radius 1 is 0.971 bits per heavy atom. The van der Waals surface area contributed by atoms with Crippen molar-refractivity contribution in [2.24, 2.45) is 0 Å². The van der Waals surface area contributed by atoms with E-state index in [1.54, 1.807) is 30.3 Å². The van der Waals surface area contributed by atoms with Crippen molar-refractivity contribution in [2.45, 2.75) is 19.5 Å². The number of benzene rings is 3. The standard InChI is InChI=1S/C27H22F3NO4/c1-17-15-31-26-22(6-3-7-23(26)27(28,29)30)25(17)19-4-2-5-21(14-19)34-13-12-18-8-10-20(11-9-18)35-16-24(32)33/h2-11,14-15H,12-13,16H2,1H3,(H,32,33). The summed E-state index contributed by atoms with van der Waals surface area (Å²) in [6.07, 6.45) is -2.43. The number of hydrogen-bond acceptors (Lipinski definition) is 4. The summed E-state index contributed by atoms with van der Waals surface area (Å²) in [6.45, 7) is 1.80. The number of halogens is 3. The molecule has 1 N–H and O–H groups in total. The second kappa shape index (κ2) is 10.0. The first kappa shape index (κ1) is 24.1. The summed E-state index contributed by atoms with van der Waals surface area (Å²) < 4.78 is 51.5. The molecule has 1 aromatic heterocycles. The van der Waals surface area contributed by atoms with Crippen LogP contribution in [0.5, 0.6) is 11.5 Å². The zero-order valence-corrected chi connectivity index (χ0v) is 18.8. The molecular formula is C27H22F3NO4. The van der Waals surface area contributed by atoms with E-state index in [4.69, 9.17) is 14.6 Å². The van der Waals surface area contributed by atoms with Crippen molar-refractivity contribution >= 4 is 16.9 Å². The zero-order chi connectivity index (χ0) is 25.0. The van der Waals surface area contributed by atoms with E-state index < -0.39 is 24.3 Å². The Morgan fingerprint density at radius 2 is 1.71 bits per heavy atom. The highest BCUT2D eigenvalue weighted by molar-refractivity contribution is 5.97. The number of para-hydroxylation sites is 1. The minimum atomic E-state index is -4.50. The van der Waals surface area contributed by atoms with Crippen molar-refractivity contribution in [3.05, 3.63) is 89.6 Å². The topological polar surface area (TPSA) is 68.7 Å². The lowest BCUT2D eigenvalue weighted by molar-refractivity contribution is -0.139. The van der Waals surface area contributed by atoms with Crippen LogP contribution in [0.15, 0.2) is 72.9 Å². The van der Waals surface area contributed by atoms with Crippen LogP contribution in [0.1, 0.15) is 16.7 Å². The molecule has 4 aromatic rings. The molecule has 0 saturated heterocycles. The molecule has 4 rings (SSSR count). The lowest BCUT2D eigenvalue weighted by Gasteiger charge is -2.15. The number of ether oxygens (including phenoxy) is 2. The van der Waals surface area contributed by atoms with Crippen molar-refractivity contribution in [3.8, 4) is 22.6 Å². The zero-order valence-electron chi connectivity index (χ0n) is 18.8. The van der Waals surface area contributed by atoms with E-state index in [-0.39, 0.29) is 5.52 Å². The maximum absolute atomic E-state index is 13.5. The maximum Gasteiger partial charge on any atom is 0.418 e. The summed E-state index contributed by atoms with van der Waals surface area (Å²) in [4.78, 5) is 14.7. The number of aryl methyl sites for hydroxylation is 1. The fourth-order valence-corrected chi connectivity index (χ4v) is 3.86. The highest BCUT2D eigenvalue weighted by Gasteiger charge is 2.33. The molecule has 0 aliphatic heterocycles. The molecule has 0 unspecified atom stereocenters. The lowest BCUT2D eigenvalue weighted by Crippen LogP contribution is -2.09. The predicted octanol–water partition coefficient (Wildman–Crippen LogP) is 6.31. The predicted molar refractivity (Wildman–Crippen MR) is 126 cm³/mol. The van der Waals surface area contributed by atoms with Crippen LogP contribution in [0, 0.1) is 6.92 Å². The Hall–Kier alpha value is -4.07. The lowest BCUT2D eigenvalue weighted by atomic mass is 9.95. The number of pyridine rings is 1. The number of fused-ring (bicyclic) bond motifs is 1. The number of rotatable bonds is 8. The van der Waals surface area contributed by atoms with E-state index in [1.165, 1.54) is 12.3 Å². The number of aliphatic carboxylic acids is 1. The Balaban J connectivity index is 1.51. The minimum absolute atomic E-state index is 0.0808. The van der Waals surface area contributed by atoms with Crippen LogP contribution in [-0.4, -0.2) is 29.3 Å². The molecule has 0 radical (unpaired) electrons. The Kier molecular flexibility index (Phi) is 6.91. The summed E-state index contributed by atoms with van der Waals surface area (Å²) >= 11 is 0. The molecule has 8 heteroatoms. The van der Waals surface area contributed by atoms with Crippen LogP contribution in [-0.2, 0) is 17.4 Å². The average Bonchev–Trinajstić information content (AvgIpc) is 2.82. The quantitative estimate of drug-likeness (QED) is 0.319. The fourth-order valence-electron chi connectivity index (χ4n) is 3.86. The Bertz CT molecular complexity index is 1350. The number of hydrogen-bond donors (Lipinski definition) is 1. The molecule has 0 bridgehead atoms. The van der Waals surface area contributed by atoms with Gasteiger partial charge in [0.05, 0.1) is 17.7 Å². The molecule has 0 atom stereocenters. The van der Waals surface area contributed by atoms with Crippen LogP contribution in [0.2, 0.25) is 0 Å². The molecule has 3 aromatic carbocycles. The van der Waals surface area contributed by atoms with Crippen molar-refractivity contribution in [3.63, 3.8) is 0 Å². The monoisotopic (exact) mass is 481 g/mol. The number of nitrogens with zero attached hydrogens (tertiary/aromatic N) is 1. The Morgan fingerprint density at radius 3 is 2.43 bits per heavy atom. The largest absolute Gasteiger partial charge is 0.493 e. The molecule has 35 heavy (non-hydrogen) atoms. The van der Waals surface area contributed by atoms with Gasteiger partial charge in [-0.1, -0.05) is 36.4 Å². The van der Waals surface area contributed by atoms with E-state index in [0.717, 1.165) is 22.8 Å². The summed E-state index contributed by atoms with van der Waals surface area (Å²) in [5.74, 6) is 0.0269. The van der Waals surface area contributed by atoms with Gasteiger partial charge < -0.3 is 14.6 Å². The van der Waals surface area contributed by atoms with Gasteiger partial charge in [-0.2, -0.15) is 13.2 Å². The number of aromatic nitrogens is 1. The van der Waals surface area contributed by atoms with Gasteiger partial charge in [-0.15, -0.1) is 0 Å². The molecule has 0 aliphatic rings. The van der Waals surface area contributed by atoms with Gasteiger partial charge in [-0.25, -0.2) is 4.79 Å². The second-order valence-corrected chi connectivity index (χ2v) is 7.97. The average molecular weight is 481 g/mol. The van der Waals surface area contributed by atoms with E-state index in [0.29, 0.717) is 35.5 Å². The number of carboxylic acids is 1. The first-order valence-corrected chi connectivity index (χ1v) is 10.8. The van der Waals surface area contributed by atoms with Crippen molar-refractivity contribution in [2.75, 3.05) is 13.2 Å². The molecule has 0 saturated carbocycles. The first-order chi connectivity index (χ1) is 16.7. The van der Waals surface area contributed by atoms with Crippen molar-refractivity contribution in [1.29, 1.82) is 0 Å². The summed E-state index contributed by atoms with van der Waals surface area (Å²) in [5, 5.41) is 9.10.